The first-order chi connectivity index (χ1) is 7.80. The summed E-state index contributed by atoms with van der Waals surface area (Å²) in [4.78, 5) is 0. The Labute approximate surface area is 93.8 Å². The molecule has 0 aromatic heterocycles. The van der Waals surface area contributed by atoms with Crippen molar-refractivity contribution < 1.29 is 27.4 Å². The Bertz CT molecular complexity index is 447. The highest BCUT2D eigenvalue weighted by molar-refractivity contribution is 5.43. The van der Waals surface area contributed by atoms with Crippen LogP contribution < -0.4 is 10.5 Å². The molecular formula is C10H9F4NO2. The number of hydrogen-bond donors (Lipinski definition) is 2. The number of aliphatic hydroxyl groups excluding tert-OH is 1. The number of rotatable bonds is 0. The number of ether oxygens (including phenoxy) is 1. The summed E-state index contributed by atoms with van der Waals surface area (Å²) in [5.74, 6) is -1.48. The van der Waals surface area contributed by atoms with E-state index >= 15 is 0 Å². The van der Waals surface area contributed by atoms with Gasteiger partial charge in [0, 0.05) is 11.6 Å². The van der Waals surface area contributed by atoms with Crippen LogP contribution >= 0.6 is 0 Å². The zero-order chi connectivity index (χ0) is 12.8. The minimum atomic E-state index is -4.80. The van der Waals surface area contributed by atoms with Crippen LogP contribution in [0.1, 0.15) is 17.2 Å². The highest BCUT2D eigenvalue weighted by atomic mass is 19.4. The van der Waals surface area contributed by atoms with E-state index in [-0.39, 0.29) is 17.9 Å². The fourth-order valence-corrected chi connectivity index (χ4v) is 1.66. The number of alkyl halides is 3. The van der Waals surface area contributed by atoms with Crippen molar-refractivity contribution in [3.05, 3.63) is 29.1 Å². The predicted octanol–water partition coefficient (Wildman–Crippen LogP) is 1.60. The number of benzene rings is 1. The molecule has 3 nitrogen and oxygen atoms in total. The summed E-state index contributed by atoms with van der Waals surface area (Å²) in [7, 11) is 0. The third kappa shape index (κ3) is 2.07. The Kier molecular flexibility index (Phi) is 2.75. The average Bonchev–Trinajstić information content (AvgIpc) is 2.21. The number of fused-ring (bicyclic) bond motifs is 1. The quantitative estimate of drug-likeness (QED) is 0.688. The van der Waals surface area contributed by atoms with Gasteiger partial charge in [-0.15, -0.1) is 0 Å². The minimum Gasteiger partial charge on any atom is -0.490 e. The van der Waals surface area contributed by atoms with Gasteiger partial charge in [-0.2, -0.15) is 13.2 Å². The van der Waals surface area contributed by atoms with Crippen molar-refractivity contribution in [1.29, 1.82) is 0 Å². The molecule has 94 valence electrons. The lowest BCUT2D eigenvalue weighted by atomic mass is 9.96. The van der Waals surface area contributed by atoms with Crippen molar-refractivity contribution >= 4 is 0 Å². The minimum absolute atomic E-state index is 0.0440. The second-order valence-electron chi connectivity index (χ2n) is 3.77. The summed E-state index contributed by atoms with van der Waals surface area (Å²) in [6.45, 7) is -0.168. The van der Waals surface area contributed by atoms with E-state index in [1.54, 1.807) is 0 Å². The van der Waals surface area contributed by atoms with Gasteiger partial charge in [-0.1, -0.05) is 0 Å². The average molecular weight is 251 g/mol. The Morgan fingerprint density at radius 1 is 1.35 bits per heavy atom. The first kappa shape index (κ1) is 12.1. The largest absolute Gasteiger partial charge is 0.490 e. The summed E-state index contributed by atoms with van der Waals surface area (Å²) < 4.78 is 55.5. The van der Waals surface area contributed by atoms with Crippen LogP contribution in [-0.2, 0) is 6.18 Å². The van der Waals surface area contributed by atoms with Crippen molar-refractivity contribution in [3.8, 4) is 5.75 Å². The molecule has 2 unspecified atom stereocenters. The molecule has 2 rings (SSSR count). The van der Waals surface area contributed by atoms with Crippen molar-refractivity contribution in [2.24, 2.45) is 5.73 Å². The van der Waals surface area contributed by atoms with Crippen LogP contribution in [0.15, 0.2) is 12.1 Å². The molecule has 0 aliphatic carbocycles. The van der Waals surface area contributed by atoms with E-state index in [0.717, 1.165) is 0 Å². The molecule has 0 bridgehead atoms. The van der Waals surface area contributed by atoms with Gasteiger partial charge in [0.2, 0.25) is 0 Å². The molecule has 0 spiro atoms. The van der Waals surface area contributed by atoms with Crippen LogP contribution in [0.2, 0.25) is 0 Å². The van der Waals surface area contributed by atoms with Gasteiger partial charge in [-0.3, -0.25) is 0 Å². The van der Waals surface area contributed by atoms with E-state index in [1.807, 2.05) is 0 Å². The van der Waals surface area contributed by atoms with Crippen molar-refractivity contribution in [3.63, 3.8) is 0 Å². The highest BCUT2D eigenvalue weighted by Crippen LogP contribution is 2.38. The Morgan fingerprint density at radius 3 is 2.59 bits per heavy atom. The van der Waals surface area contributed by atoms with Crippen LogP contribution in [0.4, 0.5) is 17.6 Å². The first-order valence-electron chi connectivity index (χ1n) is 4.78. The molecule has 17 heavy (non-hydrogen) atoms. The topological polar surface area (TPSA) is 55.5 Å². The molecule has 0 saturated heterocycles. The molecule has 1 aliphatic rings. The lowest BCUT2D eigenvalue weighted by Gasteiger charge is -2.28. The van der Waals surface area contributed by atoms with Gasteiger partial charge in [0.05, 0.1) is 11.6 Å². The SMILES string of the molecule is NC1c2cc(C(F)(F)F)c(F)cc2OCC1O. The monoisotopic (exact) mass is 251 g/mol. The van der Waals surface area contributed by atoms with E-state index in [4.69, 9.17) is 10.5 Å². The highest BCUT2D eigenvalue weighted by Gasteiger charge is 2.37. The Hall–Kier alpha value is -1.34. The summed E-state index contributed by atoms with van der Waals surface area (Å²) in [6, 6.07) is 0.210. The maximum atomic E-state index is 13.2. The summed E-state index contributed by atoms with van der Waals surface area (Å²) >= 11 is 0. The molecule has 2 atom stereocenters. The van der Waals surface area contributed by atoms with Crippen molar-refractivity contribution in [1.82, 2.24) is 0 Å². The Balaban J connectivity index is 2.54. The number of hydrogen-bond acceptors (Lipinski definition) is 3. The van der Waals surface area contributed by atoms with E-state index in [9.17, 15) is 22.7 Å². The predicted molar refractivity (Wildman–Crippen MR) is 49.8 cm³/mol. The second-order valence-corrected chi connectivity index (χ2v) is 3.77. The molecule has 0 radical (unpaired) electrons. The molecule has 0 amide bonds. The fourth-order valence-electron chi connectivity index (χ4n) is 1.66. The molecule has 7 heteroatoms. The summed E-state index contributed by atoms with van der Waals surface area (Å²) in [6.07, 6.45) is -5.91. The van der Waals surface area contributed by atoms with Crippen LogP contribution in [0, 0.1) is 5.82 Å². The van der Waals surface area contributed by atoms with Gasteiger partial charge in [-0.05, 0) is 6.07 Å². The molecule has 1 aromatic carbocycles. The van der Waals surface area contributed by atoms with Crippen molar-refractivity contribution in [2.75, 3.05) is 6.61 Å². The molecule has 0 saturated carbocycles. The Morgan fingerprint density at radius 2 is 2.00 bits per heavy atom. The second kappa shape index (κ2) is 3.85. The summed E-state index contributed by atoms with van der Waals surface area (Å²) in [5, 5.41) is 9.36. The normalized spacial score (nSPS) is 24.1. The van der Waals surface area contributed by atoms with Gasteiger partial charge >= 0.3 is 6.18 Å². The lowest BCUT2D eigenvalue weighted by molar-refractivity contribution is -0.140. The van der Waals surface area contributed by atoms with E-state index in [2.05, 4.69) is 0 Å². The molecular weight excluding hydrogens is 242 g/mol. The fraction of sp³-hybridized carbons (Fsp3) is 0.400. The van der Waals surface area contributed by atoms with Crippen molar-refractivity contribution in [2.45, 2.75) is 18.3 Å². The maximum Gasteiger partial charge on any atom is 0.419 e. The standard InChI is InChI=1S/C10H9F4NO2/c11-6-2-8-4(1-5(6)10(12,13)14)9(15)7(16)3-17-8/h1-2,7,9,16H,3,15H2. The first-order valence-corrected chi connectivity index (χ1v) is 4.78. The van der Waals surface area contributed by atoms with Gasteiger partial charge in [0.25, 0.3) is 0 Å². The lowest BCUT2D eigenvalue weighted by Crippen LogP contribution is -2.36. The van der Waals surface area contributed by atoms with Gasteiger partial charge < -0.3 is 15.6 Å². The van der Waals surface area contributed by atoms with Gasteiger partial charge in [-0.25, -0.2) is 4.39 Å². The van der Waals surface area contributed by atoms with Crippen LogP contribution in [-0.4, -0.2) is 17.8 Å². The third-order valence-electron chi connectivity index (χ3n) is 2.59. The molecule has 3 N–H and O–H groups in total. The van der Waals surface area contributed by atoms with Gasteiger partial charge in [0.1, 0.15) is 24.3 Å². The van der Waals surface area contributed by atoms with Crippen LogP contribution in [0.3, 0.4) is 0 Å². The number of aliphatic hydroxyl groups is 1. The number of halogens is 4. The zero-order valence-electron chi connectivity index (χ0n) is 8.46. The number of nitrogens with two attached hydrogens (primary N) is 1. The molecule has 1 aliphatic heterocycles. The van der Waals surface area contributed by atoms with Crippen LogP contribution in [0.5, 0.6) is 5.75 Å². The smallest absolute Gasteiger partial charge is 0.419 e. The molecule has 1 aromatic rings. The van der Waals surface area contributed by atoms with Crippen LogP contribution in [0.25, 0.3) is 0 Å². The van der Waals surface area contributed by atoms with Gasteiger partial charge in [0.15, 0.2) is 0 Å². The van der Waals surface area contributed by atoms with E-state index < -0.39 is 29.7 Å². The molecule has 1 heterocycles. The third-order valence-corrected chi connectivity index (χ3v) is 2.59. The van der Waals surface area contributed by atoms with E-state index in [1.165, 1.54) is 0 Å². The van der Waals surface area contributed by atoms with E-state index in [0.29, 0.717) is 12.1 Å². The summed E-state index contributed by atoms with van der Waals surface area (Å²) in [5.41, 5.74) is 4.08. The molecule has 0 fully saturated rings. The zero-order valence-corrected chi connectivity index (χ0v) is 8.46. The maximum absolute atomic E-state index is 13.2.